The molecule has 0 fully saturated rings. The summed E-state index contributed by atoms with van der Waals surface area (Å²) in [5, 5.41) is 19.6. The van der Waals surface area contributed by atoms with Gasteiger partial charge in [-0.25, -0.2) is 13.6 Å². The maximum atomic E-state index is 12.0. The number of benzene rings is 2. The lowest BCUT2D eigenvalue weighted by Crippen LogP contribution is -2.27. The summed E-state index contributed by atoms with van der Waals surface area (Å²) in [6.07, 6.45) is 1.93. The molecule has 0 radical (unpaired) electrons. The van der Waals surface area contributed by atoms with Gasteiger partial charge in [0.25, 0.3) is 5.91 Å². The minimum atomic E-state index is -3.76. The van der Waals surface area contributed by atoms with Crippen LogP contribution in [-0.4, -0.2) is 20.9 Å². The van der Waals surface area contributed by atoms with Crippen LogP contribution in [-0.2, 0) is 21.2 Å². The second-order valence-electron chi connectivity index (χ2n) is 5.38. The van der Waals surface area contributed by atoms with E-state index in [0.29, 0.717) is 18.7 Å². The summed E-state index contributed by atoms with van der Waals surface area (Å²) in [7, 11) is -3.76. The number of hydrogen-bond donors (Lipinski definition) is 3. The Morgan fingerprint density at radius 2 is 1.77 bits per heavy atom. The molecule has 0 aliphatic rings. The summed E-state index contributed by atoms with van der Waals surface area (Å²) in [6.45, 7) is 0.408. The van der Waals surface area contributed by atoms with Crippen LogP contribution in [0.3, 0.4) is 0 Å². The van der Waals surface area contributed by atoms with Crippen LogP contribution in [0.4, 0.5) is 5.69 Å². The molecule has 0 saturated heterocycles. The van der Waals surface area contributed by atoms with E-state index in [0.717, 1.165) is 5.56 Å². The molecule has 0 aliphatic heterocycles. The van der Waals surface area contributed by atoms with Crippen molar-refractivity contribution in [1.29, 1.82) is 5.26 Å². The quantitative estimate of drug-likeness (QED) is 0.503. The highest BCUT2D eigenvalue weighted by molar-refractivity contribution is 7.89. The summed E-state index contributed by atoms with van der Waals surface area (Å²) >= 11 is 0. The first kappa shape index (κ1) is 19.2. The van der Waals surface area contributed by atoms with Crippen LogP contribution in [0.25, 0.3) is 0 Å². The fraction of sp³-hybridized carbons (Fsp3) is 0.111. The van der Waals surface area contributed by atoms with E-state index in [1.807, 2.05) is 36.4 Å². The number of nitrogens with one attached hydrogen (secondary N) is 2. The molecule has 134 valence electrons. The van der Waals surface area contributed by atoms with Crippen LogP contribution in [0.15, 0.2) is 71.3 Å². The minimum absolute atomic E-state index is 0.0220. The highest BCUT2D eigenvalue weighted by Crippen LogP contribution is 2.13. The fourth-order valence-corrected chi connectivity index (χ4v) is 2.62. The van der Waals surface area contributed by atoms with E-state index in [-0.39, 0.29) is 10.5 Å². The molecule has 0 bridgehead atoms. The summed E-state index contributed by atoms with van der Waals surface area (Å²) < 4.78 is 22.4. The minimum Gasteiger partial charge on any atom is -0.360 e. The second-order valence-corrected chi connectivity index (χ2v) is 6.94. The first-order valence-corrected chi connectivity index (χ1v) is 9.26. The van der Waals surface area contributed by atoms with Gasteiger partial charge in [0.1, 0.15) is 11.6 Å². The first-order chi connectivity index (χ1) is 12.4. The number of nitrogens with two attached hydrogens (primary N) is 1. The summed E-state index contributed by atoms with van der Waals surface area (Å²) in [4.78, 5) is 12.0. The summed E-state index contributed by atoms with van der Waals surface area (Å²) in [5.41, 5.74) is 1.51. The largest absolute Gasteiger partial charge is 0.360 e. The third-order valence-corrected chi connectivity index (χ3v) is 4.40. The lowest BCUT2D eigenvalue weighted by Gasteiger charge is -2.06. The van der Waals surface area contributed by atoms with Gasteiger partial charge in [0.15, 0.2) is 0 Å². The van der Waals surface area contributed by atoms with Crippen molar-refractivity contribution in [2.45, 2.75) is 11.3 Å². The third-order valence-electron chi connectivity index (χ3n) is 3.47. The zero-order valence-corrected chi connectivity index (χ0v) is 14.7. The zero-order valence-electron chi connectivity index (χ0n) is 13.8. The van der Waals surface area contributed by atoms with Crippen molar-refractivity contribution in [3.05, 3.63) is 71.9 Å². The van der Waals surface area contributed by atoms with E-state index >= 15 is 0 Å². The van der Waals surface area contributed by atoms with Crippen molar-refractivity contribution in [1.82, 2.24) is 5.32 Å². The molecule has 0 atom stereocenters. The van der Waals surface area contributed by atoms with E-state index in [1.54, 1.807) is 0 Å². The van der Waals surface area contributed by atoms with Gasteiger partial charge in [-0.2, -0.15) is 5.26 Å². The molecule has 0 aromatic heterocycles. The molecule has 8 heteroatoms. The Morgan fingerprint density at radius 1 is 1.12 bits per heavy atom. The molecule has 26 heavy (non-hydrogen) atoms. The van der Waals surface area contributed by atoms with Gasteiger partial charge in [-0.05, 0) is 36.2 Å². The van der Waals surface area contributed by atoms with E-state index in [1.165, 1.54) is 30.5 Å². The van der Waals surface area contributed by atoms with Gasteiger partial charge in [0.2, 0.25) is 10.0 Å². The first-order valence-electron chi connectivity index (χ1n) is 7.72. The van der Waals surface area contributed by atoms with E-state index in [9.17, 15) is 13.2 Å². The number of primary sulfonamides is 1. The highest BCUT2D eigenvalue weighted by atomic mass is 32.2. The maximum Gasteiger partial charge on any atom is 0.263 e. The molecule has 2 aromatic rings. The molecule has 2 rings (SSSR count). The zero-order chi connectivity index (χ0) is 19.0. The van der Waals surface area contributed by atoms with Crippen LogP contribution in [0, 0.1) is 11.3 Å². The van der Waals surface area contributed by atoms with E-state index < -0.39 is 15.9 Å². The van der Waals surface area contributed by atoms with Crippen molar-refractivity contribution < 1.29 is 13.2 Å². The molecule has 7 nitrogen and oxygen atoms in total. The number of rotatable bonds is 7. The van der Waals surface area contributed by atoms with Crippen LogP contribution >= 0.6 is 0 Å². The highest BCUT2D eigenvalue weighted by Gasteiger charge is 2.09. The Balaban J connectivity index is 1.92. The molecule has 0 heterocycles. The third kappa shape index (κ3) is 5.73. The van der Waals surface area contributed by atoms with Gasteiger partial charge < -0.3 is 10.6 Å². The molecular formula is C18H18N4O3S. The average Bonchev–Trinajstić information content (AvgIpc) is 2.63. The fourth-order valence-electron chi connectivity index (χ4n) is 2.11. The number of sulfonamides is 1. The van der Waals surface area contributed by atoms with Gasteiger partial charge in [-0.3, -0.25) is 4.79 Å². The predicted octanol–water partition coefficient (Wildman–Crippen LogP) is 1.51. The number of nitriles is 1. The molecule has 4 N–H and O–H groups in total. The molecule has 0 aliphatic carbocycles. The molecule has 0 spiro atoms. The Hall–Kier alpha value is -3.15. The lowest BCUT2D eigenvalue weighted by molar-refractivity contribution is -0.117. The van der Waals surface area contributed by atoms with Gasteiger partial charge in [-0.1, -0.05) is 30.3 Å². The van der Waals surface area contributed by atoms with Crippen molar-refractivity contribution in [2.24, 2.45) is 5.14 Å². The predicted molar refractivity (Wildman–Crippen MR) is 98.3 cm³/mol. The second kappa shape index (κ2) is 8.80. The van der Waals surface area contributed by atoms with Crippen molar-refractivity contribution in [3.63, 3.8) is 0 Å². The Labute approximate surface area is 152 Å². The number of amides is 1. The van der Waals surface area contributed by atoms with Gasteiger partial charge in [0, 0.05) is 18.4 Å². The standard InChI is InChI=1S/C18H18N4O3S/c19-12-15(18(23)21-11-10-14-4-2-1-3-5-14)13-22-16-6-8-17(9-7-16)26(20,24)25/h1-9,13,22H,10-11H2,(H,21,23)(H2,20,24,25)/b15-13-. The van der Waals surface area contributed by atoms with E-state index in [2.05, 4.69) is 10.6 Å². The normalized spacial score (nSPS) is 11.5. The Morgan fingerprint density at radius 3 is 2.35 bits per heavy atom. The Kier molecular flexibility index (Phi) is 6.49. The smallest absolute Gasteiger partial charge is 0.263 e. The maximum absolute atomic E-state index is 12.0. The number of carbonyl (C=O) groups is 1. The summed E-state index contributed by atoms with van der Waals surface area (Å²) in [6, 6.07) is 17.1. The van der Waals surface area contributed by atoms with Crippen LogP contribution in [0.5, 0.6) is 0 Å². The number of anilines is 1. The van der Waals surface area contributed by atoms with Crippen LogP contribution in [0.2, 0.25) is 0 Å². The number of hydrogen-bond acceptors (Lipinski definition) is 5. The lowest BCUT2D eigenvalue weighted by atomic mass is 10.1. The van der Waals surface area contributed by atoms with Crippen molar-refractivity contribution in [2.75, 3.05) is 11.9 Å². The molecule has 0 unspecified atom stereocenters. The van der Waals surface area contributed by atoms with Gasteiger partial charge in [0.05, 0.1) is 4.90 Å². The van der Waals surface area contributed by atoms with Gasteiger partial charge >= 0.3 is 0 Å². The Bertz CT molecular complexity index is 931. The number of nitrogens with zero attached hydrogens (tertiary/aromatic N) is 1. The molecule has 2 aromatic carbocycles. The topological polar surface area (TPSA) is 125 Å². The average molecular weight is 370 g/mol. The summed E-state index contributed by atoms with van der Waals surface area (Å²) in [5.74, 6) is -0.489. The monoisotopic (exact) mass is 370 g/mol. The van der Waals surface area contributed by atoms with Gasteiger partial charge in [-0.15, -0.1) is 0 Å². The van der Waals surface area contributed by atoms with Crippen molar-refractivity contribution in [3.8, 4) is 6.07 Å². The molecular weight excluding hydrogens is 352 g/mol. The van der Waals surface area contributed by atoms with Crippen LogP contribution in [0.1, 0.15) is 5.56 Å². The van der Waals surface area contributed by atoms with Crippen LogP contribution < -0.4 is 15.8 Å². The van der Waals surface area contributed by atoms with E-state index in [4.69, 9.17) is 10.4 Å². The SMILES string of the molecule is N#C/C(=C/Nc1ccc(S(N)(=O)=O)cc1)C(=O)NCCc1ccccc1. The molecule has 0 saturated carbocycles. The number of carbonyl (C=O) groups excluding carboxylic acids is 1. The van der Waals surface area contributed by atoms with Crippen molar-refractivity contribution >= 4 is 21.6 Å². The molecule has 1 amide bonds.